The molecule has 0 unspecified atom stereocenters. The molecule has 2 aromatic carbocycles. The van der Waals surface area contributed by atoms with Gasteiger partial charge in [0.25, 0.3) is 5.91 Å². The largest absolute Gasteiger partial charge is 0.497 e. The number of hydrogen-bond acceptors (Lipinski definition) is 5. The maximum absolute atomic E-state index is 12.0. The number of hydrazone groups is 1. The van der Waals surface area contributed by atoms with E-state index in [9.17, 15) is 14.4 Å². The van der Waals surface area contributed by atoms with Crippen LogP contribution >= 0.6 is 15.9 Å². The third-order valence-corrected chi connectivity index (χ3v) is 4.13. The number of nitrogens with one attached hydrogen (secondary N) is 2. The van der Waals surface area contributed by atoms with Crippen LogP contribution < -0.4 is 15.5 Å². The van der Waals surface area contributed by atoms with Crippen LogP contribution in [0.2, 0.25) is 0 Å². The van der Waals surface area contributed by atoms with E-state index in [1.807, 2.05) is 0 Å². The van der Waals surface area contributed by atoms with E-state index in [-0.39, 0.29) is 13.0 Å². The molecule has 0 aliphatic heterocycles. The van der Waals surface area contributed by atoms with Crippen molar-refractivity contribution < 1.29 is 19.1 Å². The van der Waals surface area contributed by atoms with Crippen molar-refractivity contribution in [2.45, 2.75) is 6.42 Å². The van der Waals surface area contributed by atoms with Gasteiger partial charge in [-0.25, -0.2) is 5.43 Å². The number of nitrogens with zero attached hydrogens (tertiary/aromatic N) is 1. The summed E-state index contributed by atoms with van der Waals surface area (Å²) in [6.07, 6.45) is 1.08. The lowest BCUT2D eigenvalue weighted by Crippen LogP contribution is -2.32. The lowest BCUT2D eigenvalue weighted by Gasteiger charge is -2.06. The second kappa shape index (κ2) is 10.2. The van der Waals surface area contributed by atoms with Crippen LogP contribution in [0.1, 0.15) is 22.3 Å². The molecule has 0 heterocycles. The van der Waals surface area contributed by atoms with Gasteiger partial charge in [0.2, 0.25) is 5.91 Å². The van der Waals surface area contributed by atoms with Crippen LogP contribution in [0.15, 0.2) is 58.1 Å². The molecule has 140 valence electrons. The summed E-state index contributed by atoms with van der Waals surface area (Å²) in [7, 11) is 1.57. The Hall–Kier alpha value is -3.00. The summed E-state index contributed by atoms with van der Waals surface area (Å²) in [6.45, 7) is -0.240. The number of Topliss-reactive ketones (excluding diaryl/α,β-unsaturated/α-hetero) is 1. The molecule has 0 aromatic heterocycles. The van der Waals surface area contributed by atoms with Crippen molar-refractivity contribution in [1.82, 2.24) is 10.7 Å². The van der Waals surface area contributed by atoms with Gasteiger partial charge in [-0.2, -0.15) is 5.10 Å². The Bertz CT molecular complexity index is 850. The maximum atomic E-state index is 12.0. The molecule has 2 aromatic rings. The van der Waals surface area contributed by atoms with E-state index in [1.54, 1.807) is 55.6 Å². The second-order valence-electron chi connectivity index (χ2n) is 5.44. The summed E-state index contributed by atoms with van der Waals surface area (Å²) in [6, 6.07) is 13.9. The highest BCUT2D eigenvalue weighted by atomic mass is 79.9. The van der Waals surface area contributed by atoms with E-state index in [1.165, 1.54) is 6.21 Å². The standard InChI is InChI=1S/C19H18BrN3O4/c1-27-15-8-6-13(7-9-15)11-22-23-18(25)10-14(24)12-21-19(26)16-4-2-3-5-17(16)20/h2-9,11H,10,12H2,1H3,(H,21,26)(H,23,25). The minimum Gasteiger partial charge on any atom is -0.497 e. The quantitative estimate of drug-likeness (QED) is 0.380. The molecule has 27 heavy (non-hydrogen) atoms. The Morgan fingerprint density at radius 3 is 2.48 bits per heavy atom. The predicted molar refractivity (Wildman–Crippen MR) is 105 cm³/mol. The van der Waals surface area contributed by atoms with Crippen LogP contribution in [0.5, 0.6) is 5.75 Å². The zero-order valence-corrected chi connectivity index (χ0v) is 16.2. The minimum atomic E-state index is -0.556. The number of rotatable bonds is 8. The molecule has 0 radical (unpaired) electrons. The monoisotopic (exact) mass is 431 g/mol. The number of methoxy groups -OCH3 is 1. The molecule has 2 N–H and O–H groups in total. The fourth-order valence-electron chi connectivity index (χ4n) is 2.07. The Labute approximate surface area is 164 Å². The van der Waals surface area contributed by atoms with Gasteiger partial charge in [-0.3, -0.25) is 14.4 Å². The maximum Gasteiger partial charge on any atom is 0.252 e. The first-order valence-corrected chi connectivity index (χ1v) is 8.79. The molecular weight excluding hydrogens is 414 g/mol. The molecule has 0 aliphatic rings. The second-order valence-corrected chi connectivity index (χ2v) is 6.30. The third-order valence-electron chi connectivity index (χ3n) is 3.44. The van der Waals surface area contributed by atoms with E-state index >= 15 is 0 Å². The number of carbonyl (C=O) groups is 3. The summed E-state index contributed by atoms with van der Waals surface area (Å²) in [5.41, 5.74) is 3.46. The number of amides is 2. The Morgan fingerprint density at radius 1 is 1.11 bits per heavy atom. The van der Waals surface area contributed by atoms with E-state index in [4.69, 9.17) is 4.74 Å². The van der Waals surface area contributed by atoms with Gasteiger partial charge in [-0.05, 0) is 57.9 Å². The molecule has 0 aliphatic carbocycles. The first kappa shape index (κ1) is 20.3. The average Bonchev–Trinajstić information content (AvgIpc) is 2.67. The zero-order valence-electron chi connectivity index (χ0n) is 14.6. The lowest BCUT2D eigenvalue weighted by atomic mass is 10.2. The first-order chi connectivity index (χ1) is 13.0. The van der Waals surface area contributed by atoms with Gasteiger partial charge in [-0.15, -0.1) is 0 Å². The normalized spacial score (nSPS) is 10.4. The fraction of sp³-hybridized carbons (Fsp3) is 0.158. The third kappa shape index (κ3) is 6.67. The SMILES string of the molecule is COc1ccc(C=NNC(=O)CC(=O)CNC(=O)c2ccccc2Br)cc1. The number of carbonyl (C=O) groups excluding carboxylic acids is 3. The fourth-order valence-corrected chi connectivity index (χ4v) is 2.53. The Kier molecular flexibility index (Phi) is 7.69. The summed E-state index contributed by atoms with van der Waals surface area (Å²) in [5.74, 6) is -0.660. The summed E-state index contributed by atoms with van der Waals surface area (Å²) in [5, 5.41) is 6.28. The highest BCUT2D eigenvalue weighted by Crippen LogP contribution is 2.15. The lowest BCUT2D eigenvalue weighted by molar-refractivity contribution is -0.127. The topological polar surface area (TPSA) is 96.9 Å². The van der Waals surface area contributed by atoms with Gasteiger partial charge >= 0.3 is 0 Å². The van der Waals surface area contributed by atoms with Crippen LogP contribution in [0.4, 0.5) is 0 Å². The average molecular weight is 432 g/mol. The molecular formula is C19H18BrN3O4. The molecule has 0 fully saturated rings. The highest BCUT2D eigenvalue weighted by Gasteiger charge is 2.13. The number of ether oxygens (including phenoxy) is 1. The molecule has 8 heteroatoms. The van der Waals surface area contributed by atoms with Crippen LogP contribution in [0.3, 0.4) is 0 Å². The van der Waals surface area contributed by atoms with Crippen molar-refractivity contribution in [3.05, 3.63) is 64.1 Å². The Morgan fingerprint density at radius 2 is 1.81 bits per heavy atom. The zero-order chi connectivity index (χ0) is 19.6. The van der Waals surface area contributed by atoms with Crippen LogP contribution in [-0.4, -0.2) is 37.5 Å². The predicted octanol–water partition coefficient (Wildman–Crippen LogP) is 2.30. The van der Waals surface area contributed by atoms with Crippen LogP contribution in [0.25, 0.3) is 0 Å². The van der Waals surface area contributed by atoms with Gasteiger partial charge in [0, 0.05) is 4.47 Å². The molecule has 2 rings (SSSR count). The van der Waals surface area contributed by atoms with Gasteiger partial charge in [-0.1, -0.05) is 12.1 Å². The summed E-state index contributed by atoms with van der Waals surface area (Å²) in [4.78, 5) is 35.6. The summed E-state index contributed by atoms with van der Waals surface area (Å²) >= 11 is 3.27. The minimum absolute atomic E-state index is 0.240. The number of benzene rings is 2. The van der Waals surface area contributed by atoms with E-state index in [0.717, 1.165) is 5.56 Å². The van der Waals surface area contributed by atoms with Gasteiger partial charge in [0.05, 0.1) is 31.9 Å². The van der Waals surface area contributed by atoms with Crippen molar-refractivity contribution >= 4 is 39.7 Å². The molecule has 0 atom stereocenters. The number of ketones is 1. The first-order valence-electron chi connectivity index (χ1n) is 8.00. The molecule has 2 amide bonds. The van der Waals surface area contributed by atoms with Crippen LogP contribution in [0, 0.1) is 0 Å². The van der Waals surface area contributed by atoms with E-state index in [0.29, 0.717) is 15.8 Å². The molecule has 7 nitrogen and oxygen atoms in total. The number of halogens is 1. The van der Waals surface area contributed by atoms with Crippen LogP contribution in [-0.2, 0) is 9.59 Å². The van der Waals surface area contributed by atoms with E-state index in [2.05, 4.69) is 31.8 Å². The number of hydrogen-bond donors (Lipinski definition) is 2. The van der Waals surface area contributed by atoms with Gasteiger partial charge in [0.15, 0.2) is 5.78 Å². The molecule has 0 saturated heterocycles. The Balaban J connectivity index is 1.74. The van der Waals surface area contributed by atoms with E-state index < -0.39 is 17.6 Å². The van der Waals surface area contributed by atoms with Crippen molar-refractivity contribution in [2.75, 3.05) is 13.7 Å². The molecule has 0 bridgehead atoms. The summed E-state index contributed by atoms with van der Waals surface area (Å²) < 4.78 is 5.67. The molecule has 0 saturated carbocycles. The van der Waals surface area contributed by atoms with Crippen molar-refractivity contribution in [1.29, 1.82) is 0 Å². The van der Waals surface area contributed by atoms with Gasteiger partial charge < -0.3 is 10.1 Å². The smallest absolute Gasteiger partial charge is 0.252 e. The van der Waals surface area contributed by atoms with Gasteiger partial charge in [0.1, 0.15) is 5.75 Å². The van der Waals surface area contributed by atoms with Crippen molar-refractivity contribution in [3.63, 3.8) is 0 Å². The highest BCUT2D eigenvalue weighted by molar-refractivity contribution is 9.10. The van der Waals surface area contributed by atoms with Crippen molar-refractivity contribution in [2.24, 2.45) is 5.10 Å². The van der Waals surface area contributed by atoms with Crippen molar-refractivity contribution in [3.8, 4) is 5.75 Å². The molecule has 0 spiro atoms.